The Morgan fingerprint density at radius 3 is 2.57 bits per heavy atom. The number of benzene rings is 3. The second-order valence-electron chi connectivity index (χ2n) is 6.98. The van der Waals surface area contributed by atoms with E-state index in [1.807, 2.05) is 48.5 Å². The molecule has 0 aromatic heterocycles. The number of methoxy groups -OCH3 is 2. The molecule has 6 nitrogen and oxygen atoms in total. The number of fused-ring (bicyclic) bond motifs is 3. The molecule has 3 aromatic carbocycles. The molecule has 1 aliphatic heterocycles. The summed E-state index contributed by atoms with van der Waals surface area (Å²) in [5.41, 5.74) is 4.03. The fourth-order valence-electron chi connectivity index (χ4n) is 3.70. The Bertz CT molecular complexity index is 1230. The Balaban J connectivity index is 1.94. The molecule has 2 N–H and O–H groups in total. The van der Waals surface area contributed by atoms with Gasteiger partial charge in [0, 0.05) is 15.6 Å². The second kappa shape index (κ2) is 7.94. The highest BCUT2D eigenvalue weighted by atomic mass is 79.9. The number of sulfonamides is 1. The number of halogens is 1. The molecule has 156 valence electrons. The van der Waals surface area contributed by atoms with Crippen molar-refractivity contribution in [3.8, 4) is 28.4 Å². The fourth-order valence-corrected chi connectivity index (χ4v) is 4.76. The Morgan fingerprint density at radius 1 is 1.07 bits per heavy atom. The van der Waals surface area contributed by atoms with Crippen molar-refractivity contribution >= 4 is 26.0 Å². The van der Waals surface area contributed by atoms with Gasteiger partial charge >= 0.3 is 0 Å². The number of primary sulfonamides is 1. The molecule has 0 spiro atoms. The van der Waals surface area contributed by atoms with Gasteiger partial charge in [-0.1, -0.05) is 46.3 Å². The van der Waals surface area contributed by atoms with E-state index in [0.717, 1.165) is 26.7 Å². The van der Waals surface area contributed by atoms with Crippen molar-refractivity contribution in [1.29, 1.82) is 0 Å². The molecule has 1 aliphatic rings. The van der Waals surface area contributed by atoms with Crippen molar-refractivity contribution in [2.75, 3.05) is 14.2 Å². The van der Waals surface area contributed by atoms with Crippen LogP contribution in [0, 0.1) is 0 Å². The molecule has 0 aliphatic carbocycles. The topological polar surface area (TPSA) is 87.8 Å². The number of nitrogens with two attached hydrogens (primary N) is 1. The van der Waals surface area contributed by atoms with E-state index in [1.54, 1.807) is 20.3 Å². The first-order valence-corrected chi connectivity index (χ1v) is 11.6. The maximum Gasteiger partial charge on any atom is 0.213 e. The predicted octanol–water partition coefficient (Wildman–Crippen LogP) is 4.40. The van der Waals surface area contributed by atoms with Gasteiger partial charge in [-0.25, -0.2) is 13.6 Å². The Labute approximate surface area is 183 Å². The fraction of sp³-hybridized carbons (Fsp3) is 0.182. The highest BCUT2D eigenvalue weighted by Crippen LogP contribution is 2.50. The van der Waals surface area contributed by atoms with E-state index in [2.05, 4.69) is 15.9 Å². The standard InChI is InChI=1S/C22H20BrNO5S/c1-27-16-5-3-4-14(9-16)22-18-8-13(12-30(24,25)26)6-7-17(18)21-19(28-2)10-15(23)11-20(21)29-22/h3-11,22H,12H2,1-2H3,(H2,24,25,26). The number of ether oxygens (including phenoxy) is 3. The van der Waals surface area contributed by atoms with Crippen LogP contribution in [0.25, 0.3) is 11.1 Å². The van der Waals surface area contributed by atoms with Gasteiger partial charge in [-0.3, -0.25) is 0 Å². The van der Waals surface area contributed by atoms with Gasteiger partial charge in [0.25, 0.3) is 0 Å². The van der Waals surface area contributed by atoms with Crippen molar-refractivity contribution in [1.82, 2.24) is 0 Å². The van der Waals surface area contributed by atoms with Gasteiger partial charge in [-0.2, -0.15) is 0 Å². The maximum absolute atomic E-state index is 11.6. The van der Waals surface area contributed by atoms with E-state index < -0.39 is 16.1 Å². The Kier molecular flexibility index (Phi) is 5.48. The van der Waals surface area contributed by atoms with E-state index in [-0.39, 0.29) is 5.75 Å². The second-order valence-corrected chi connectivity index (χ2v) is 9.51. The van der Waals surface area contributed by atoms with Crippen LogP contribution in [0.2, 0.25) is 0 Å². The number of hydrogen-bond acceptors (Lipinski definition) is 5. The lowest BCUT2D eigenvalue weighted by atomic mass is 9.88. The third kappa shape index (κ3) is 4.03. The van der Waals surface area contributed by atoms with Crippen LogP contribution in [0.3, 0.4) is 0 Å². The van der Waals surface area contributed by atoms with Gasteiger partial charge in [0.15, 0.2) is 0 Å². The Morgan fingerprint density at radius 2 is 1.87 bits per heavy atom. The van der Waals surface area contributed by atoms with Crippen LogP contribution in [-0.4, -0.2) is 22.6 Å². The lowest BCUT2D eigenvalue weighted by molar-refractivity contribution is 0.241. The summed E-state index contributed by atoms with van der Waals surface area (Å²) in [6.07, 6.45) is -0.456. The molecule has 0 radical (unpaired) electrons. The highest BCUT2D eigenvalue weighted by Gasteiger charge is 2.31. The smallest absolute Gasteiger partial charge is 0.213 e. The minimum absolute atomic E-state index is 0.255. The molecule has 1 heterocycles. The molecular formula is C22H20BrNO5S. The van der Waals surface area contributed by atoms with Gasteiger partial charge in [0.2, 0.25) is 10.0 Å². The van der Waals surface area contributed by atoms with Crippen molar-refractivity contribution in [2.24, 2.45) is 5.14 Å². The normalized spacial score (nSPS) is 15.0. The number of hydrogen-bond donors (Lipinski definition) is 1. The molecule has 0 saturated carbocycles. The van der Waals surface area contributed by atoms with Crippen LogP contribution in [0.15, 0.2) is 59.1 Å². The zero-order valence-corrected chi connectivity index (χ0v) is 18.8. The average molecular weight is 490 g/mol. The summed E-state index contributed by atoms with van der Waals surface area (Å²) in [4.78, 5) is 0. The summed E-state index contributed by atoms with van der Waals surface area (Å²) in [6.45, 7) is 0. The summed E-state index contributed by atoms with van der Waals surface area (Å²) in [7, 11) is -0.457. The van der Waals surface area contributed by atoms with Gasteiger partial charge in [-0.05, 0) is 35.4 Å². The van der Waals surface area contributed by atoms with Crippen molar-refractivity contribution in [3.05, 3.63) is 75.8 Å². The average Bonchev–Trinajstić information content (AvgIpc) is 2.71. The third-order valence-corrected chi connectivity index (χ3v) is 6.12. The third-order valence-electron chi connectivity index (χ3n) is 4.93. The summed E-state index contributed by atoms with van der Waals surface area (Å²) < 4.78 is 41.5. The summed E-state index contributed by atoms with van der Waals surface area (Å²) in [5.74, 6) is 1.77. The van der Waals surface area contributed by atoms with Gasteiger partial charge in [-0.15, -0.1) is 0 Å². The molecule has 3 aromatic rings. The monoisotopic (exact) mass is 489 g/mol. The zero-order valence-electron chi connectivity index (χ0n) is 16.4. The predicted molar refractivity (Wildman–Crippen MR) is 118 cm³/mol. The molecule has 1 atom stereocenters. The molecular weight excluding hydrogens is 470 g/mol. The van der Waals surface area contributed by atoms with E-state index in [0.29, 0.717) is 22.8 Å². The van der Waals surface area contributed by atoms with Crippen LogP contribution in [0.5, 0.6) is 17.2 Å². The molecule has 4 rings (SSSR count). The highest BCUT2D eigenvalue weighted by molar-refractivity contribution is 9.10. The minimum Gasteiger partial charge on any atom is -0.497 e. The van der Waals surface area contributed by atoms with Crippen LogP contribution >= 0.6 is 15.9 Å². The summed E-state index contributed by atoms with van der Waals surface area (Å²) in [5, 5.41) is 5.27. The van der Waals surface area contributed by atoms with Gasteiger partial charge < -0.3 is 14.2 Å². The van der Waals surface area contributed by atoms with Crippen molar-refractivity contribution in [2.45, 2.75) is 11.9 Å². The first-order valence-electron chi connectivity index (χ1n) is 9.11. The largest absolute Gasteiger partial charge is 0.497 e. The molecule has 0 fully saturated rings. The van der Waals surface area contributed by atoms with Crippen LogP contribution < -0.4 is 19.3 Å². The van der Waals surface area contributed by atoms with Crippen molar-refractivity contribution < 1.29 is 22.6 Å². The first kappa shape index (κ1) is 20.7. The van der Waals surface area contributed by atoms with Crippen molar-refractivity contribution in [3.63, 3.8) is 0 Å². The van der Waals surface area contributed by atoms with Crippen LogP contribution in [0.1, 0.15) is 22.8 Å². The molecule has 1 unspecified atom stereocenters. The molecule has 0 amide bonds. The molecule has 8 heteroatoms. The molecule has 30 heavy (non-hydrogen) atoms. The molecule has 0 bridgehead atoms. The van der Waals surface area contributed by atoms with E-state index in [9.17, 15) is 8.42 Å². The first-order chi connectivity index (χ1) is 14.3. The van der Waals surface area contributed by atoms with E-state index >= 15 is 0 Å². The Hall–Kier alpha value is -2.55. The van der Waals surface area contributed by atoms with E-state index in [4.69, 9.17) is 19.3 Å². The quantitative estimate of drug-likeness (QED) is 0.573. The van der Waals surface area contributed by atoms with Crippen LogP contribution in [0.4, 0.5) is 0 Å². The van der Waals surface area contributed by atoms with Gasteiger partial charge in [0.1, 0.15) is 23.4 Å². The lowest BCUT2D eigenvalue weighted by Crippen LogP contribution is -2.18. The SMILES string of the molecule is COc1cccc(C2Oc3cc(Br)cc(OC)c3-c3ccc(CS(N)(=O)=O)cc32)c1. The molecule has 0 saturated heterocycles. The number of rotatable bonds is 5. The minimum atomic E-state index is -3.67. The van der Waals surface area contributed by atoms with Gasteiger partial charge in [0.05, 0.1) is 25.5 Å². The lowest BCUT2D eigenvalue weighted by Gasteiger charge is -2.31. The zero-order chi connectivity index (χ0) is 21.5. The van der Waals surface area contributed by atoms with Crippen LogP contribution in [-0.2, 0) is 15.8 Å². The summed E-state index contributed by atoms with van der Waals surface area (Å²) in [6, 6.07) is 16.9. The summed E-state index contributed by atoms with van der Waals surface area (Å²) >= 11 is 3.51. The maximum atomic E-state index is 11.6. The van der Waals surface area contributed by atoms with E-state index in [1.165, 1.54) is 0 Å².